The van der Waals surface area contributed by atoms with E-state index in [0.717, 1.165) is 24.3 Å². The van der Waals surface area contributed by atoms with Gasteiger partial charge in [-0.2, -0.15) is 0 Å². The summed E-state index contributed by atoms with van der Waals surface area (Å²) in [5.41, 5.74) is 4.36. The van der Waals surface area contributed by atoms with Crippen molar-refractivity contribution in [3.8, 4) is 5.75 Å². The van der Waals surface area contributed by atoms with Crippen LogP contribution in [-0.4, -0.2) is 31.0 Å². The van der Waals surface area contributed by atoms with Gasteiger partial charge in [-0.1, -0.05) is 24.3 Å². The number of hydrogen-bond donors (Lipinski definition) is 0. The van der Waals surface area contributed by atoms with Crippen LogP contribution in [0.1, 0.15) is 35.7 Å². The lowest BCUT2D eigenvalue weighted by Crippen LogP contribution is -2.21. The molecule has 0 aliphatic heterocycles. The summed E-state index contributed by atoms with van der Waals surface area (Å²) in [5.74, 6) is 0.841. The minimum atomic E-state index is -0.160. The van der Waals surface area contributed by atoms with Gasteiger partial charge in [-0.05, 0) is 74.0 Å². The van der Waals surface area contributed by atoms with Gasteiger partial charge in [0.25, 0.3) is 0 Å². The number of rotatable bonds is 8. The smallest absolute Gasteiger partial charge is 0.231 e. The molecular formula is C27H26N2O3. The third-order valence-corrected chi connectivity index (χ3v) is 5.45. The Hall–Kier alpha value is -3.86. The molecule has 0 saturated heterocycles. The Labute approximate surface area is 188 Å². The van der Waals surface area contributed by atoms with E-state index < -0.39 is 0 Å². The van der Waals surface area contributed by atoms with E-state index in [1.165, 1.54) is 0 Å². The zero-order valence-corrected chi connectivity index (χ0v) is 18.5. The Morgan fingerprint density at radius 3 is 2.28 bits per heavy atom. The number of fused-ring (bicyclic) bond motifs is 1. The van der Waals surface area contributed by atoms with E-state index in [1.807, 2.05) is 42.5 Å². The number of hydrogen-bond acceptors (Lipinski definition) is 5. The highest BCUT2D eigenvalue weighted by Gasteiger charge is 2.20. The number of Topliss-reactive ketones (excluding diaryl/α,β-unsaturated/α-hetero) is 1. The third kappa shape index (κ3) is 4.42. The maximum Gasteiger partial charge on any atom is 0.231 e. The molecule has 0 N–H and O–H groups in total. The average molecular weight is 427 g/mol. The lowest BCUT2D eigenvalue weighted by Gasteiger charge is -2.20. The molecule has 0 aliphatic carbocycles. The number of benzene rings is 3. The van der Waals surface area contributed by atoms with Crippen molar-refractivity contribution in [2.24, 2.45) is 0 Å². The number of methoxy groups -OCH3 is 1. The monoisotopic (exact) mass is 426 g/mol. The van der Waals surface area contributed by atoms with Crippen molar-refractivity contribution < 1.29 is 13.9 Å². The lowest BCUT2D eigenvalue weighted by atomic mass is 10.0. The van der Waals surface area contributed by atoms with Gasteiger partial charge in [0.15, 0.2) is 11.4 Å². The van der Waals surface area contributed by atoms with Crippen molar-refractivity contribution in [1.82, 2.24) is 4.98 Å². The molecule has 5 heteroatoms. The number of oxazole rings is 1. The van der Waals surface area contributed by atoms with Crippen LogP contribution in [0.3, 0.4) is 0 Å². The first-order chi connectivity index (χ1) is 15.6. The molecule has 0 unspecified atom stereocenters. The van der Waals surface area contributed by atoms with Crippen LogP contribution in [-0.2, 0) is 0 Å². The molecule has 0 amide bonds. The molecule has 4 aromatic rings. The molecule has 5 nitrogen and oxygen atoms in total. The highest BCUT2D eigenvalue weighted by Crippen LogP contribution is 2.27. The van der Waals surface area contributed by atoms with E-state index >= 15 is 0 Å². The fraction of sp³-hybridized carbons (Fsp3) is 0.185. The van der Waals surface area contributed by atoms with Gasteiger partial charge in [-0.15, -0.1) is 0 Å². The van der Waals surface area contributed by atoms with Crippen LogP contribution >= 0.6 is 0 Å². The van der Waals surface area contributed by atoms with Crippen molar-refractivity contribution in [2.45, 2.75) is 13.8 Å². The van der Waals surface area contributed by atoms with E-state index in [1.54, 1.807) is 31.4 Å². The number of carbonyl (C=O) groups excluding carboxylic acids is 1. The molecule has 0 fully saturated rings. The number of aromatic nitrogens is 1. The molecule has 1 aromatic heterocycles. The molecule has 0 saturated carbocycles. The van der Waals surface area contributed by atoms with Crippen LogP contribution in [0.5, 0.6) is 5.75 Å². The minimum absolute atomic E-state index is 0.160. The molecule has 162 valence electrons. The predicted octanol–water partition coefficient (Wildman–Crippen LogP) is 6.11. The van der Waals surface area contributed by atoms with Gasteiger partial charge < -0.3 is 14.1 Å². The Morgan fingerprint density at radius 2 is 1.66 bits per heavy atom. The van der Waals surface area contributed by atoms with Gasteiger partial charge in [0.05, 0.1) is 12.7 Å². The summed E-state index contributed by atoms with van der Waals surface area (Å²) in [6, 6.07) is 22.7. The molecule has 3 aromatic carbocycles. The van der Waals surface area contributed by atoms with Crippen LogP contribution in [0.25, 0.3) is 22.7 Å². The average Bonchev–Trinajstić information content (AvgIpc) is 3.28. The summed E-state index contributed by atoms with van der Waals surface area (Å²) in [6.45, 7) is 6.15. The Kier molecular flexibility index (Phi) is 6.36. The van der Waals surface area contributed by atoms with E-state index in [4.69, 9.17) is 9.15 Å². The Bertz CT molecular complexity index is 1200. The standard InChI is InChI=1S/C27H26N2O3/c1-4-29(5-2)21-14-10-19(11-15-21)18-23(26(30)20-12-16-22(31-3)17-13-20)27-28-24-8-6-7-9-25(24)32-27/h6-18H,4-5H2,1-3H3. The number of allylic oxidation sites excluding steroid dienone is 1. The second-order valence-corrected chi connectivity index (χ2v) is 7.37. The topological polar surface area (TPSA) is 55.6 Å². The van der Waals surface area contributed by atoms with E-state index in [-0.39, 0.29) is 5.78 Å². The summed E-state index contributed by atoms with van der Waals surface area (Å²) in [4.78, 5) is 20.3. The number of nitrogens with zero attached hydrogens (tertiary/aromatic N) is 2. The van der Waals surface area contributed by atoms with Gasteiger partial charge in [0.2, 0.25) is 5.89 Å². The molecular weight excluding hydrogens is 400 g/mol. The molecule has 32 heavy (non-hydrogen) atoms. The Morgan fingerprint density at radius 1 is 0.969 bits per heavy atom. The second-order valence-electron chi connectivity index (χ2n) is 7.37. The van der Waals surface area contributed by atoms with Gasteiger partial charge >= 0.3 is 0 Å². The minimum Gasteiger partial charge on any atom is -0.497 e. The molecule has 0 bridgehead atoms. The zero-order chi connectivity index (χ0) is 22.5. The number of ether oxygens (including phenoxy) is 1. The molecule has 1 heterocycles. The summed E-state index contributed by atoms with van der Waals surface area (Å²) in [7, 11) is 1.60. The summed E-state index contributed by atoms with van der Waals surface area (Å²) in [5, 5.41) is 0. The first-order valence-electron chi connectivity index (χ1n) is 10.7. The van der Waals surface area contributed by atoms with Crippen LogP contribution < -0.4 is 9.64 Å². The number of anilines is 1. The number of carbonyl (C=O) groups is 1. The van der Waals surface area contributed by atoms with Gasteiger partial charge in [0, 0.05) is 24.3 Å². The number of para-hydroxylation sites is 2. The highest BCUT2D eigenvalue weighted by molar-refractivity contribution is 6.31. The van der Waals surface area contributed by atoms with Crippen molar-refractivity contribution in [3.63, 3.8) is 0 Å². The summed E-state index contributed by atoms with van der Waals surface area (Å²) in [6.07, 6.45) is 1.84. The predicted molar refractivity (Wildman–Crippen MR) is 129 cm³/mol. The van der Waals surface area contributed by atoms with Crippen molar-refractivity contribution in [3.05, 3.63) is 89.8 Å². The first kappa shape index (κ1) is 21.4. The first-order valence-corrected chi connectivity index (χ1v) is 10.7. The van der Waals surface area contributed by atoms with Crippen LogP contribution in [0.15, 0.2) is 77.2 Å². The van der Waals surface area contributed by atoms with Gasteiger partial charge in [-0.25, -0.2) is 4.98 Å². The molecule has 0 radical (unpaired) electrons. The SMILES string of the molecule is CCN(CC)c1ccc(C=C(C(=O)c2ccc(OC)cc2)c2nc3ccccc3o2)cc1. The van der Waals surface area contributed by atoms with Crippen LogP contribution in [0, 0.1) is 0 Å². The highest BCUT2D eigenvalue weighted by atomic mass is 16.5. The van der Waals surface area contributed by atoms with Gasteiger partial charge in [-0.3, -0.25) is 4.79 Å². The normalized spacial score (nSPS) is 11.5. The van der Waals surface area contributed by atoms with E-state index in [9.17, 15) is 4.79 Å². The third-order valence-electron chi connectivity index (χ3n) is 5.45. The maximum absolute atomic E-state index is 13.5. The van der Waals surface area contributed by atoms with Crippen molar-refractivity contribution in [2.75, 3.05) is 25.1 Å². The Balaban J connectivity index is 1.76. The van der Waals surface area contributed by atoms with Crippen molar-refractivity contribution in [1.29, 1.82) is 0 Å². The fourth-order valence-electron chi connectivity index (χ4n) is 3.65. The fourth-order valence-corrected chi connectivity index (χ4v) is 3.65. The largest absolute Gasteiger partial charge is 0.497 e. The quantitative estimate of drug-likeness (QED) is 0.251. The van der Waals surface area contributed by atoms with Crippen LogP contribution in [0.2, 0.25) is 0 Å². The molecule has 0 atom stereocenters. The second kappa shape index (κ2) is 9.52. The summed E-state index contributed by atoms with van der Waals surface area (Å²) >= 11 is 0. The summed E-state index contributed by atoms with van der Waals surface area (Å²) < 4.78 is 11.2. The van der Waals surface area contributed by atoms with Crippen LogP contribution in [0.4, 0.5) is 5.69 Å². The van der Waals surface area contributed by atoms with Gasteiger partial charge in [0.1, 0.15) is 11.3 Å². The lowest BCUT2D eigenvalue weighted by molar-refractivity contribution is 0.105. The molecule has 0 aliphatic rings. The van der Waals surface area contributed by atoms with Crippen molar-refractivity contribution >= 4 is 34.2 Å². The van der Waals surface area contributed by atoms with E-state index in [2.05, 4.69) is 35.9 Å². The zero-order valence-electron chi connectivity index (χ0n) is 18.5. The van der Waals surface area contributed by atoms with E-state index in [0.29, 0.717) is 33.9 Å². The molecule has 4 rings (SSSR count). The molecule has 0 spiro atoms. The maximum atomic E-state index is 13.5. The number of ketones is 1.